The highest BCUT2D eigenvalue weighted by atomic mass is 19.4. The van der Waals surface area contributed by atoms with Gasteiger partial charge in [-0.1, -0.05) is 43.3 Å². The lowest BCUT2D eigenvalue weighted by atomic mass is 9.88. The number of hydrogen-bond donors (Lipinski definition) is 0. The summed E-state index contributed by atoms with van der Waals surface area (Å²) in [6, 6.07) is 19.7. The van der Waals surface area contributed by atoms with Crippen LogP contribution in [0.3, 0.4) is 0 Å². The maximum absolute atomic E-state index is 13.5. The van der Waals surface area contributed by atoms with Crippen LogP contribution in [0.25, 0.3) is 33.2 Å². The number of halogens is 3. The number of fused-ring (bicyclic) bond motifs is 1. The quantitative estimate of drug-likeness (QED) is 0.327. The normalized spacial score (nSPS) is 14.5. The monoisotopic (exact) mass is 462 g/mol. The molecule has 1 aliphatic heterocycles. The lowest BCUT2D eigenvalue weighted by Gasteiger charge is -2.29. The molecule has 1 aromatic heterocycles. The average Bonchev–Trinajstić information content (AvgIpc) is 2.87. The van der Waals surface area contributed by atoms with Crippen LogP contribution < -0.4 is 4.90 Å². The minimum absolute atomic E-state index is 0.571. The molecule has 1 saturated heterocycles. The molecule has 0 aliphatic carbocycles. The van der Waals surface area contributed by atoms with Crippen LogP contribution in [0.4, 0.5) is 18.9 Å². The molecule has 3 nitrogen and oxygen atoms in total. The molecular weight excluding hydrogens is 437 g/mol. The molecule has 174 valence electrons. The molecule has 3 aromatic carbocycles. The van der Waals surface area contributed by atoms with Crippen molar-refractivity contribution in [2.45, 2.75) is 19.5 Å². The third kappa shape index (κ3) is 4.26. The van der Waals surface area contributed by atoms with Gasteiger partial charge in [-0.15, -0.1) is 0 Å². The first-order valence-corrected chi connectivity index (χ1v) is 11.5. The number of rotatable bonds is 4. The van der Waals surface area contributed by atoms with Gasteiger partial charge in [0.05, 0.1) is 24.3 Å². The number of nitrogens with zero attached hydrogens (tertiary/aromatic N) is 2. The van der Waals surface area contributed by atoms with Gasteiger partial charge < -0.3 is 9.64 Å². The maximum Gasteiger partial charge on any atom is 0.416 e. The predicted octanol–water partition coefficient (Wildman–Crippen LogP) is 6.99. The highest BCUT2D eigenvalue weighted by molar-refractivity contribution is 5.97. The Hall–Kier alpha value is -3.38. The summed E-state index contributed by atoms with van der Waals surface area (Å²) in [5, 5.41) is 1.03. The van der Waals surface area contributed by atoms with Gasteiger partial charge in [-0.05, 0) is 64.6 Å². The number of morpholine rings is 1. The van der Waals surface area contributed by atoms with Crippen LogP contribution in [0, 0.1) is 0 Å². The Morgan fingerprint density at radius 3 is 2.47 bits per heavy atom. The van der Waals surface area contributed by atoms with Crippen LogP contribution in [-0.4, -0.2) is 31.3 Å². The van der Waals surface area contributed by atoms with Crippen molar-refractivity contribution in [1.82, 2.24) is 4.98 Å². The number of ether oxygens (including phenoxy) is 1. The number of alkyl halides is 3. The van der Waals surface area contributed by atoms with Gasteiger partial charge in [0.1, 0.15) is 0 Å². The van der Waals surface area contributed by atoms with Gasteiger partial charge in [-0.25, -0.2) is 0 Å². The van der Waals surface area contributed by atoms with Crippen molar-refractivity contribution in [3.8, 4) is 22.3 Å². The fraction of sp³-hybridized carbons (Fsp3) is 0.250. The maximum atomic E-state index is 13.5. The van der Waals surface area contributed by atoms with E-state index in [1.807, 2.05) is 49.5 Å². The molecule has 0 unspecified atom stereocenters. The van der Waals surface area contributed by atoms with E-state index in [4.69, 9.17) is 4.74 Å². The van der Waals surface area contributed by atoms with Crippen molar-refractivity contribution in [3.05, 3.63) is 84.1 Å². The van der Waals surface area contributed by atoms with E-state index in [0.717, 1.165) is 58.0 Å². The molecule has 1 fully saturated rings. The minimum Gasteiger partial charge on any atom is -0.378 e. The molecule has 5 rings (SSSR count). The van der Waals surface area contributed by atoms with Crippen LogP contribution in [-0.2, 0) is 17.3 Å². The Morgan fingerprint density at radius 1 is 0.912 bits per heavy atom. The molecule has 0 atom stereocenters. The van der Waals surface area contributed by atoms with E-state index in [0.29, 0.717) is 25.2 Å². The van der Waals surface area contributed by atoms with Gasteiger partial charge in [0, 0.05) is 30.4 Å². The minimum atomic E-state index is -4.39. The highest BCUT2D eigenvalue weighted by Crippen LogP contribution is 2.40. The van der Waals surface area contributed by atoms with Crippen molar-refractivity contribution in [2.75, 3.05) is 31.2 Å². The molecule has 0 radical (unpaired) electrons. The van der Waals surface area contributed by atoms with Crippen LogP contribution >= 0.6 is 0 Å². The Morgan fingerprint density at radius 2 is 1.71 bits per heavy atom. The van der Waals surface area contributed by atoms with E-state index in [-0.39, 0.29) is 0 Å². The summed E-state index contributed by atoms with van der Waals surface area (Å²) in [4.78, 5) is 6.84. The Kier molecular flexibility index (Phi) is 6.00. The number of pyridine rings is 1. The number of aryl methyl sites for hydroxylation is 1. The van der Waals surface area contributed by atoms with Gasteiger partial charge in [0.25, 0.3) is 0 Å². The van der Waals surface area contributed by atoms with E-state index < -0.39 is 11.7 Å². The molecule has 0 amide bonds. The standard InChI is InChI=1S/C28H25F3N2O/c1-2-19-5-4-8-23(27(19)21-6-3-7-22(17-21)28(29,30)31)20-9-10-25-24(18-20)26(11-12-32-25)33-13-15-34-16-14-33/h3-12,17-18H,2,13-16H2,1H3. The van der Waals surface area contributed by atoms with E-state index in [2.05, 4.69) is 16.0 Å². The zero-order valence-electron chi connectivity index (χ0n) is 18.9. The summed E-state index contributed by atoms with van der Waals surface area (Å²) in [6.07, 6.45) is -1.86. The fourth-order valence-corrected chi connectivity index (χ4v) is 4.71. The van der Waals surface area contributed by atoms with Crippen molar-refractivity contribution in [1.29, 1.82) is 0 Å². The molecule has 0 N–H and O–H groups in total. The van der Waals surface area contributed by atoms with Gasteiger partial charge in [0.2, 0.25) is 0 Å². The first-order valence-electron chi connectivity index (χ1n) is 11.5. The molecular formula is C28H25F3N2O. The van der Waals surface area contributed by atoms with Crippen LogP contribution in [0.2, 0.25) is 0 Å². The Labute approximate surface area is 196 Å². The summed E-state index contributed by atoms with van der Waals surface area (Å²) in [7, 11) is 0. The lowest BCUT2D eigenvalue weighted by Crippen LogP contribution is -2.36. The summed E-state index contributed by atoms with van der Waals surface area (Å²) >= 11 is 0. The van der Waals surface area contributed by atoms with E-state index in [1.165, 1.54) is 12.1 Å². The average molecular weight is 463 g/mol. The summed E-state index contributed by atoms with van der Waals surface area (Å²) < 4.78 is 45.9. The molecule has 0 bridgehead atoms. The zero-order chi connectivity index (χ0) is 23.7. The van der Waals surface area contributed by atoms with E-state index in [9.17, 15) is 13.2 Å². The number of aromatic nitrogens is 1. The largest absolute Gasteiger partial charge is 0.416 e. The van der Waals surface area contributed by atoms with E-state index in [1.54, 1.807) is 6.07 Å². The second kappa shape index (κ2) is 9.11. The molecule has 0 saturated carbocycles. The summed E-state index contributed by atoms with van der Waals surface area (Å²) in [5.74, 6) is 0. The van der Waals surface area contributed by atoms with Crippen molar-refractivity contribution >= 4 is 16.6 Å². The fourth-order valence-electron chi connectivity index (χ4n) is 4.71. The summed E-state index contributed by atoms with van der Waals surface area (Å²) in [6.45, 7) is 5.01. The van der Waals surface area contributed by atoms with Gasteiger partial charge in [-0.2, -0.15) is 13.2 Å². The second-order valence-corrected chi connectivity index (χ2v) is 8.43. The predicted molar refractivity (Wildman–Crippen MR) is 130 cm³/mol. The molecule has 4 aromatic rings. The highest BCUT2D eigenvalue weighted by Gasteiger charge is 2.30. The van der Waals surface area contributed by atoms with Crippen molar-refractivity contribution in [3.63, 3.8) is 0 Å². The third-order valence-corrected chi connectivity index (χ3v) is 6.39. The SMILES string of the molecule is CCc1cccc(-c2ccc3nccc(N4CCOCC4)c3c2)c1-c1cccc(C(F)(F)F)c1. The first-order chi connectivity index (χ1) is 16.5. The van der Waals surface area contributed by atoms with E-state index >= 15 is 0 Å². The van der Waals surface area contributed by atoms with Gasteiger partial charge in [0.15, 0.2) is 0 Å². The van der Waals surface area contributed by atoms with Crippen LogP contribution in [0.1, 0.15) is 18.1 Å². The van der Waals surface area contributed by atoms with Crippen LogP contribution in [0.15, 0.2) is 72.9 Å². The molecule has 2 heterocycles. The van der Waals surface area contributed by atoms with Crippen molar-refractivity contribution in [2.24, 2.45) is 0 Å². The Balaban J connectivity index is 1.69. The van der Waals surface area contributed by atoms with Crippen LogP contribution in [0.5, 0.6) is 0 Å². The molecule has 0 spiro atoms. The number of anilines is 1. The molecule has 34 heavy (non-hydrogen) atoms. The second-order valence-electron chi connectivity index (χ2n) is 8.43. The summed E-state index contributed by atoms with van der Waals surface area (Å²) in [5.41, 5.74) is 5.64. The lowest BCUT2D eigenvalue weighted by molar-refractivity contribution is -0.137. The molecule has 1 aliphatic rings. The van der Waals surface area contributed by atoms with Crippen molar-refractivity contribution < 1.29 is 17.9 Å². The van der Waals surface area contributed by atoms with Gasteiger partial charge in [-0.3, -0.25) is 4.98 Å². The first kappa shape index (κ1) is 22.4. The van der Waals surface area contributed by atoms with Gasteiger partial charge >= 0.3 is 6.18 Å². The Bertz CT molecular complexity index is 1330. The number of hydrogen-bond acceptors (Lipinski definition) is 3. The molecule has 6 heteroatoms. The topological polar surface area (TPSA) is 25.4 Å². The number of benzene rings is 3. The third-order valence-electron chi connectivity index (χ3n) is 6.39. The zero-order valence-corrected chi connectivity index (χ0v) is 18.9. The smallest absolute Gasteiger partial charge is 0.378 e.